The third-order valence-electron chi connectivity index (χ3n) is 12.2. The van der Waals surface area contributed by atoms with Crippen LogP contribution < -0.4 is 15.2 Å². The van der Waals surface area contributed by atoms with Crippen molar-refractivity contribution in [2.75, 3.05) is 9.80 Å². The number of para-hydroxylation sites is 4. The number of anilines is 6. The molecule has 4 nitrogen and oxygen atoms in total. The van der Waals surface area contributed by atoms with Gasteiger partial charge in [-0.25, -0.2) is 0 Å². The Bertz CT molecular complexity index is 2270. The highest BCUT2D eigenvalue weighted by Gasteiger charge is 2.42. The van der Waals surface area contributed by atoms with E-state index < -0.39 is 0 Å². The lowest BCUT2D eigenvalue weighted by molar-refractivity contribution is 0.474. The fraction of sp³-hybridized carbons (Fsp3) is 0.213. The van der Waals surface area contributed by atoms with Crippen LogP contribution in [-0.4, -0.2) is 0 Å². The van der Waals surface area contributed by atoms with Gasteiger partial charge < -0.3 is 14.2 Å². The Labute approximate surface area is 299 Å². The van der Waals surface area contributed by atoms with Gasteiger partial charge in [-0.15, -0.1) is 0 Å². The first-order valence-electron chi connectivity index (χ1n) is 18.5. The molecule has 9 rings (SSSR count). The smallest absolute Gasteiger partial charge is 0.200 e. The van der Waals surface area contributed by atoms with Gasteiger partial charge in [0.05, 0.1) is 33.5 Å². The Morgan fingerprint density at radius 2 is 0.765 bits per heavy atom. The normalized spacial score (nSPS) is 15.3. The molecule has 7 aromatic rings. The van der Waals surface area contributed by atoms with E-state index in [-0.39, 0.29) is 16.3 Å². The lowest BCUT2D eigenvalue weighted by Gasteiger charge is -2.45. The average Bonchev–Trinajstić information content (AvgIpc) is 3.19. The van der Waals surface area contributed by atoms with Crippen molar-refractivity contribution in [3.05, 3.63) is 166 Å². The molecule has 0 saturated heterocycles. The molecule has 2 aliphatic heterocycles. The van der Waals surface area contributed by atoms with Gasteiger partial charge in [0, 0.05) is 34.3 Å². The summed E-state index contributed by atoms with van der Waals surface area (Å²) in [6.07, 6.45) is 4.04. The first-order valence-corrected chi connectivity index (χ1v) is 18.5. The van der Waals surface area contributed by atoms with Crippen molar-refractivity contribution in [3.63, 3.8) is 0 Å². The van der Waals surface area contributed by atoms with Crippen molar-refractivity contribution in [1.82, 2.24) is 0 Å². The SMILES string of the molecule is CCC1(CC)c2ccccc2N(c2ccc3c(=O)c4ccc(N5c6ccccc6C(CC)(CC)c6ccccc65)cc4oc3c2)c2ccccc21. The molecule has 2 aliphatic rings. The number of benzene rings is 6. The Hall–Kier alpha value is -5.61. The molecule has 4 heteroatoms. The van der Waals surface area contributed by atoms with E-state index in [9.17, 15) is 4.79 Å². The second kappa shape index (κ2) is 11.7. The predicted molar refractivity (Wildman–Crippen MR) is 212 cm³/mol. The van der Waals surface area contributed by atoms with Crippen LogP contribution in [0.25, 0.3) is 21.9 Å². The van der Waals surface area contributed by atoms with E-state index in [0.717, 1.165) is 37.1 Å². The van der Waals surface area contributed by atoms with E-state index in [4.69, 9.17) is 4.42 Å². The summed E-state index contributed by atoms with van der Waals surface area (Å²) in [4.78, 5) is 18.8. The highest BCUT2D eigenvalue weighted by Crippen LogP contribution is 2.56. The number of fused-ring (bicyclic) bond motifs is 6. The van der Waals surface area contributed by atoms with Crippen molar-refractivity contribution in [3.8, 4) is 0 Å². The maximum atomic E-state index is 14.1. The Balaban J connectivity index is 1.23. The maximum absolute atomic E-state index is 14.1. The van der Waals surface area contributed by atoms with Gasteiger partial charge in [-0.3, -0.25) is 4.79 Å². The summed E-state index contributed by atoms with van der Waals surface area (Å²) in [5.74, 6) is 0. The average molecular weight is 667 g/mol. The van der Waals surface area contributed by atoms with Crippen LogP contribution in [0, 0.1) is 0 Å². The Kier molecular flexibility index (Phi) is 7.22. The monoisotopic (exact) mass is 666 g/mol. The highest BCUT2D eigenvalue weighted by molar-refractivity contribution is 5.96. The highest BCUT2D eigenvalue weighted by atomic mass is 16.3. The summed E-state index contributed by atoms with van der Waals surface area (Å²) in [7, 11) is 0. The van der Waals surface area contributed by atoms with Crippen LogP contribution in [0.1, 0.15) is 75.6 Å². The molecule has 0 aliphatic carbocycles. The topological polar surface area (TPSA) is 36.7 Å². The first kappa shape index (κ1) is 31.4. The molecule has 0 bridgehead atoms. The van der Waals surface area contributed by atoms with Crippen LogP contribution in [-0.2, 0) is 10.8 Å². The summed E-state index contributed by atoms with van der Waals surface area (Å²) in [5, 5.41) is 1.16. The molecule has 0 spiro atoms. The zero-order valence-corrected chi connectivity index (χ0v) is 29.7. The third kappa shape index (κ3) is 4.29. The van der Waals surface area contributed by atoms with Crippen LogP contribution in [0.15, 0.2) is 143 Å². The lowest BCUT2D eigenvalue weighted by Crippen LogP contribution is -2.34. The van der Waals surface area contributed by atoms with Gasteiger partial charge in [-0.1, -0.05) is 100 Å². The standard InChI is InChI=1S/C47H42N2O2/c1-5-46(6-2)35-17-9-13-21-39(35)48(40-22-14-10-18-36(40)46)31-25-27-33-43(29-31)51-44-30-32(26-28-34(44)45(33)50)49-41-23-15-11-19-37(41)47(7-3,8-4)38-20-12-16-24-42(38)49/h9-30H,5-8H2,1-4H3. The number of hydrogen-bond donors (Lipinski definition) is 0. The van der Waals surface area contributed by atoms with Crippen molar-refractivity contribution < 1.29 is 4.42 Å². The van der Waals surface area contributed by atoms with Gasteiger partial charge in [0.2, 0.25) is 5.43 Å². The molecule has 0 amide bonds. The number of nitrogens with zero attached hydrogens (tertiary/aromatic N) is 2. The van der Waals surface area contributed by atoms with Gasteiger partial charge >= 0.3 is 0 Å². The zero-order valence-electron chi connectivity index (χ0n) is 29.7. The Morgan fingerprint density at radius 1 is 0.451 bits per heavy atom. The van der Waals surface area contributed by atoms with E-state index >= 15 is 0 Å². The molecule has 0 N–H and O–H groups in total. The van der Waals surface area contributed by atoms with E-state index in [2.05, 4.69) is 147 Å². The van der Waals surface area contributed by atoms with Gasteiger partial charge in [0.25, 0.3) is 0 Å². The third-order valence-corrected chi connectivity index (χ3v) is 12.2. The van der Waals surface area contributed by atoms with Gasteiger partial charge in [-0.05, 0) is 96.5 Å². The molecule has 0 fully saturated rings. The molecular formula is C47H42N2O2. The predicted octanol–water partition coefficient (Wildman–Crippen LogP) is 12.7. The quantitative estimate of drug-likeness (QED) is 0.166. The largest absolute Gasteiger partial charge is 0.456 e. The summed E-state index contributed by atoms with van der Waals surface area (Å²) < 4.78 is 6.76. The molecular weight excluding hydrogens is 625 g/mol. The van der Waals surface area contributed by atoms with E-state index in [0.29, 0.717) is 21.9 Å². The molecule has 51 heavy (non-hydrogen) atoms. The first-order chi connectivity index (χ1) is 25.0. The molecule has 0 saturated carbocycles. The van der Waals surface area contributed by atoms with Crippen LogP contribution in [0.3, 0.4) is 0 Å². The van der Waals surface area contributed by atoms with Crippen molar-refractivity contribution in [1.29, 1.82) is 0 Å². The number of rotatable bonds is 6. The van der Waals surface area contributed by atoms with Crippen molar-refractivity contribution in [2.45, 2.75) is 64.2 Å². The molecule has 1 aromatic heterocycles. The lowest BCUT2D eigenvalue weighted by atomic mass is 9.67. The molecule has 6 aromatic carbocycles. The molecule has 0 atom stereocenters. The summed E-state index contributed by atoms with van der Waals surface area (Å²) in [6.45, 7) is 9.17. The Morgan fingerprint density at radius 3 is 1.08 bits per heavy atom. The van der Waals surface area contributed by atoms with E-state index in [1.807, 2.05) is 24.3 Å². The van der Waals surface area contributed by atoms with E-state index in [1.165, 1.54) is 45.0 Å². The van der Waals surface area contributed by atoms with Crippen molar-refractivity contribution >= 4 is 56.1 Å². The maximum Gasteiger partial charge on any atom is 0.200 e. The van der Waals surface area contributed by atoms with Gasteiger partial charge in [0.15, 0.2) is 0 Å². The minimum absolute atomic E-state index is 0.0183. The second-order valence-corrected chi connectivity index (χ2v) is 14.1. The molecule has 0 unspecified atom stereocenters. The fourth-order valence-electron chi connectivity index (χ4n) is 9.53. The van der Waals surface area contributed by atoms with Gasteiger partial charge in [-0.2, -0.15) is 0 Å². The van der Waals surface area contributed by atoms with Crippen molar-refractivity contribution in [2.24, 2.45) is 0 Å². The number of hydrogen-bond acceptors (Lipinski definition) is 4. The van der Waals surface area contributed by atoms with E-state index in [1.54, 1.807) is 0 Å². The molecule has 252 valence electrons. The van der Waals surface area contributed by atoms with Crippen LogP contribution in [0.5, 0.6) is 0 Å². The second-order valence-electron chi connectivity index (χ2n) is 14.1. The van der Waals surface area contributed by atoms with Crippen LogP contribution >= 0.6 is 0 Å². The van der Waals surface area contributed by atoms with Gasteiger partial charge in [0.1, 0.15) is 11.2 Å². The molecule has 0 radical (unpaired) electrons. The zero-order chi connectivity index (χ0) is 34.9. The summed E-state index contributed by atoms with van der Waals surface area (Å²) in [5.41, 5.74) is 12.9. The summed E-state index contributed by atoms with van der Waals surface area (Å²) in [6, 6.07) is 47.2. The summed E-state index contributed by atoms with van der Waals surface area (Å²) >= 11 is 0. The fourth-order valence-corrected chi connectivity index (χ4v) is 9.53. The minimum Gasteiger partial charge on any atom is -0.456 e. The van der Waals surface area contributed by atoms with Crippen LogP contribution in [0.4, 0.5) is 34.1 Å². The minimum atomic E-state index is -0.0701. The van der Waals surface area contributed by atoms with Crippen LogP contribution in [0.2, 0.25) is 0 Å². The molecule has 3 heterocycles.